The van der Waals surface area contributed by atoms with E-state index in [0.29, 0.717) is 11.5 Å². The molecule has 0 radical (unpaired) electrons. The number of carbonyl (C=O) groups excluding carboxylic acids is 1. The highest BCUT2D eigenvalue weighted by Gasteiger charge is 2.15. The first-order chi connectivity index (χ1) is 8.62. The van der Waals surface area contributed by atoms with Crippen LogP contribution in [0, 0.1) is 0 Å². The molecule has 0 spiro atoms. The Balaban J connectivity index is 3.24. The van der Waals surface area contributed by atoms with Gasteiger partial charge in [-0.25, -0.2) is 0 Å². The van der Waals surface area contributed by atoms with Crippen LogP contribution in [0.15, 0.2) is 18.2 Å². The van der Waals surface area contributed by atoms with Gasteiger partial charge in [-0.15, -0.1) is 0 Å². The number of esters is 1. The minimum atomic E-state index is -0.453. The molecule has 0 fully saturated rings. The van der Waals surface area contributed by atoms with Crippen LogP contribution >= 0.6 is 0 Å². The molecule has 0 unspecified atom stereocenters. The lowest BCUT2D eigenvalue weighted by Gasteiger charge is -2.13. The molecule has 0 saturated heterocycles. The van der Waals surface area contributed by atoms with Gasteiger partial charge < -0.3 is 19.3 Å². The van der Waals surface area contributed by atoms with Crippen LogP contribution in [-0.2, 0) is 4.79 Å². The van der Waals surface area contributed by atoms with Crippen molar-refractivity contribution in [2.75, 3.05) is 20.8 Å². The van der Waals surface area contributed by atoms with Gasteiger partial charge in [-0.2, -0.15) is 0 Å². The summed E-state index contributed by atoms with van der Waals surface area (Å²) in [6, 6.07) is 3.37. The molecule has 0 aromatic heterocycles. The largest absolute Gasteiger partial charge is 0.493 e. The number of aliphatic hydroxyl groups is 1. The molecule has 1 aromatic carbocycles. The van der Waals surface area contributed by atoms with E-state index in [-0.39, 0.29) is 12.4 Å². The van der Waals surface area contributed by atoms with Crippen LogP contribution in [0.3, 0.4) is 0 Å². The van der Waals surface area contributed by atoms with Crippen LogP contribution in [0.4, 0.5) is 0 Å². The van der Waals surface area contributed by atoms with Crippen molar-refractivity contribution in [3.63, 3.8) is 0 Å². The maximum atomic E-state index is 11.0. The maximum absolute atomic E-state index is 11.0. The summed E-state index contributed by atoms with van der Waals surface area (Å²) in [5.74, 6) is 0.572. The molecule has 0 aliphatic rings. The van der Waals surface area contributed by atoms with Crippen LogP contribution in [0.1, 0.15) is 12.5 Å². The number of methoxy groups -OCH3 is 2. The van der Waals surface area contributed by atoms with E-state index in [4.69, 9.17) is 19.3 Å². The number of hydrogen-bond acceptors (Lipinski definition) is 5. The molecule has 18 heavy (non-hydrogen) atoms. The highest BCUT2D eigenvalue weighted by Crippen LogP contribution is 2.38. The van der Waals surface area contributed by atoms with Crippen LogP contribution < -0.4 is 14.2 Å². The summed E-state index contributed by atoms with van der Waals surface area (Å²) in [5, 5.41) is 8.74. The van der Waals surface area contributed by atoms with Crippen LogP contribution in [-0.4, -0.2) is 31.9 Å². The minimum Gasteiger partial charge on any atom is -0.493 e. The van der Waals surface area contributed by atoms with Gasteiger partial charge in [0.2, 0.25) is 5.75 Å². The number of carbonyl (C=O) groups is 1. The third-order valence-corrected chi connectivity index (χ3v) is 2.14. The van der Waals surface area contributed by atoms with Crippen molar-refractivity contribution < 1.29 is 24.1 Å². The number of rotatable bonds is 5. The maximum Gasteiger partial charge on any atom is 0.308 e. The van der Waals surface area contributed by atoms with Gasteiger partial charge >= 0.3 is 5.97 Å². The van der Waals surface area contributed by atoms with E-state index in [0.717, 1.165) is 5.56 Å². The topological polar surface area (TPSA) is 65.0 Å². The molecule has 98 valence electrons. The summed E-state index contributed by atoms with van der Waals surface area (Å²) in [6.45, 7) is 1.24. The van der Waals surface area contributed by atoms with Gasteiger partial charge in [0, 0.05) is 6.92 Å². The Kier molecular flexibility index (Phi) is 5.20. The average Bonchev–Trinajstić information content (AvgIpc) is 2.36. The normalized spacial score (nSPS) is 10.4. The predicted octanol–water partition coefficient (Wildman–Crippen LogP) is 1.63. The van der Waals surface area contributed by atoms with Crippen LogP contribution in [0.5, 0.6) is 17.2 Å². The Bertz CT molecular complexity index is 426. The quantitative estimate of drug-likeness (QED) is 0.637. The van der Waals surface area contributed by atoms with Gasteiger partial charge in [0.05, 0.1) is 20.8 Å². The summed E-state index contributed by atoms with van der Waals surface area (Å²) in [5.41, 5.74) is 0.772. The molecule has 0 heterocycles. The molecule has 1 N–H and O–H groups in total. The zero-order valence-electron chi connectivity index (χ0n) is 10.6. The van der Waals surface area contributed by atoms with Crippen molar-refractivity contribution >= 4 is 12.0 Å². The first kappa shape index (κ1) is 14.1. The summed E-state index contributed by atoms with van der Waals surface area (Å²) >= 11 is 0. The van der Waals surface area contributed by atoms with Crippen molar-refractivity contribution in [3.05, 3.63) is 23.8 Å². The first-order valence-corrected chi connectivity index (χ1v) is 5.34. The van der Waals surface area contributed by atoms with Gasteiger partial charge in [-0.05, 0) is 17.7 Å². The molecular formula is C13H16O5. The molecule has 5 heteroatoms. The minimum absolute atomic E-state index is 0.0592. The zero-order valence-corrected chi connectivity index (χ0v) is 10.6. The predicted molar refractivity (Wildman–Crippen MR) is 67.0 cm³/mol. The molecule has 5 nitrogen and oxygen atoms in total. The average molecular weight is 252 g/mol. The van der Waals surface area contributed by atoms with Gasteiger partial charge in [0.25, 0.3) is 0 Å². The Morgan fingerprint density at radius 1 is 1.28 bits per heavy atom. The third-order valence-electron chi connectivity index (χ3n) is 2.14. The van der Waals surface area contributed by atoms with Crippen LogP contribution in [0.2, 0.25) is 0 Å². The lowest BCUT2D eigenvalue weighted by molar-refractivity contribution is -0.132. The lowest BCUT2D eigenvalue weighted by Crippen LogP contribution is -2.05. The molecular weight excluding hydrogens is 236 g/mol. The van der Waals surface area contributed by atoms with Crippen LogP contribution in [0.25, 0.3) is 6.08 Å². The molecule has 0 bridgehead atoms. The highest BCUT2D eigenvalue weighted by molar-refractivity contribution is 5.73. The Morgan fingerprint density at radius 3 is 2.22 bits per heavy atom. The lowest BCUT2D eigenvalue weighted by atomic mass is 10.1. The molecule has 0 saturated carbocycles. The van der Waals surface area contributed by atoms with E-state index in [1.54, 1.807) is 24.3 Å². The van der Waals surface area contributed by atoms with Crippen molar-refractivity contribution in [2.24, 2.45) is 0 Å². The smallest absolute Gasteiger partial charge is 0.308 e. The van der Waals surface area contributed by atoms with Crippen molar-refractivity contribution in [1.29, 1.82) is 0 Å². The fourth-order valence-corrected chi connectivity index (χ4v) is 1.43. The van der Waals surface area contributed by atoms with Crippen molar-refractivity contribution in [1.82, 2.24) is 0 Å². The van der Waals surface area contributed by atoms with Gasteiger partial charge in [-0.3, -0.25) is 4.79 Å². The molecule has 0 atom stereocenters. The molecule has 1 aromatic rings. The molecule has 0 aliphatic heterocycles. The number of ether oxygens (including phenoxy) is 3. The summed E-state index contributed by atoms with van der Waals surface area (Å²) < 4.78 is 15.4. The number of hydrogen-bond donors (Lipinski definition) is 1. The fraction of sp³-hybridized carbons (Fsp3) is 0.308. The monoisotopic (exact) mass is 252 g/mol. The van der Waals surface area contributed by atoms with Gasteiger partial charge in [0.1, 0.15) is 0 Å². The Morgan fingerprint density at radius 2 is 1.83 bits per heavy atom. The van der Waals surface area contributed by atoms with E-state index in [9.17, 15) is 4.79 Å². The van der Waals surface area contributed by atoms with E-state index in [1.165, 1.54) is 21.1 Å². The van der Waals surface area contributed by atoms with Gasteiger partial charge in [-0.1, -0.05) is 12.2 Å². The molecule has 0 amide bonds. The summed E-state index contributed by atoms with van der Waals surface area (Å²) in [6.07, 6.45) is 3.29. The Hall–Kier alpha value is -2.01. The third kappa shape index (κ3) is 3.49. The van der Waals surface area contributed by atoms with Crippen molar-refractivity contribution in [3.8, 4) is 17.2 Å². The van der Waals surface area contributed by atoms with Gasteiger partial charge in [0.15, 0.2) is 11.5 Å². The summed E-state index contributed by atoms with van der Waals surface area (Å²) in [4.78, 5) is 11.0. The number of aliphatic hydroxyl groups excluding tert-OH is 1. The van der Waals surface area contributed by atoms with E-state index >= 15 is 0 Å². The SMILES string of the molecule is COc1cc(/C=C/CO)cc(OC)c1OC(C)=O. The second-order valence-electron chi connectivity index (χ2n) is 3.43. The Labute approximate surface area is 106 Å². The van der Waals surface area contributed by atoms with Crippen molar-refractivity contribution in [2.45, 2.75) is 6.92 Å². The standard InChI is InChI=1S/C13H16O5/c1-9(15)18-13-11(16-2)7-10(5-4-6-14)8-12(13)17-3/h4-5,7-8,14H,6H2,1-3H3/b5-4+. The molecule has 0 aliphatic carbocycles. The van der Waals surface area contributed by atoms with E-state index < -0.39 is 5.97 Å². The molecule has 1 rings (SSSR count). The van der Waals surface area contributed by atoms with E-state index in [2.05, 4.69) is 0 Å². The highest BCUT2D eigenvalue weighted by atomic mass is 16.6. The fourth-order valence-electron chi connectivity index (χ4n) is 1.43. The second-order valence-corrected chi connectivity index (χ2v) is 3.43. The van der Waals surface area contributed by atoms with E-state index in [1.807, 2.05) is 0 Å². The zero-order chi connectivity index (χ0) is 13.5. The second kappa shape index (κ2) is 6.66. The first-order valence-electron chi connectivity index (χ1n) is 5.34. The summed E-state index contributed by atoms with van der Waals surface area (Å²) in [7, 11) is 2.95. The number of benzene rings is 1.